The highest BCUT2D eigenvalue weighted by molar-refractivity contribution is 8.76. The highest BCUT2D eigenvalue weighted by atomic mass is 33.1. The van der Waals surface area contributed by atoms with E-state index in [0.717, 1.165) is 11.5 Å². The molecule has 0 aliphatic heterocycles. The summed E-state index contributed by atoms with van der Waals surface area (Å²) in [5, 5.41) is 5.45. The third-order valence-electron chi connectivity index (χ3n) is 1.69. The van der Waals surface area contributed by atoms with Crippen molar-refractivity contribution in [1.82, 2.24) is 10.6 Å². The fourth-order valence-corrected chi connectivity index (χ4v) is 2.75. The minimum atomic E-state index is -0.183. The summed E-state index contributed by atoms with van der Waals surface area (Å²) < 4.78 is 0. The average molecular weight is 292 g/mol. The third kappa shape index (κ3) is 11.6. The summed E-state index contributed by atoms with van der Waals surface area (Å²) in [6, 6.07) is 0. The van der Waals surface area contributed by atoms with Crippen LogP contribution in [0.15, 0.2) is 12.3 Å². The maximum Gasteiger partial charge on any atom is 0.245 e. The maximum atomic E-state index is 11.0. The molecule has 0 unspecified atom stereocenters. The molecule has 0 saturated heterocycles. The Morgan fingerprint density at radius 3 is 2.28 bits per heavy atom. The molecule has 0 aromatic rings. The number of nitrogens with one attached hydrogen (secondary N) is 2. The molecule has 0 spiro atoms. The van der Waals surface area contributed by atoms with E-state index in [1.807, 2.05) is 0 Å². The van der Waals surface area contributed by atoms with E-state index in [1.165, 1.54) is 12.3 Å². The molecule has 0 aromatic heterocycles. The van der Waals surface area contributed by atoms with Crippen LogP contribution in [0.3, 0.4) is 0 Å². The molecule has 0 atom stereocenters. The molecule has 8 heteroatoms. The molecule has 0 aliphatic carbocycles. The highest BCUT2D eigenvalue weighted by Gasteiger charge is 1.98. The molecule has 6 nitrogen and oxygen atoms in total. The topological polar surface area (TPSA) is 110 Å². The first-order valence-electron chi connectivity index (χ1n) is 5.58. The van der Waals surface area contributed by atoms with Crippen LogP contribution in [0, 0.1) is 0 Å². The zero-order valence-electron chi connectivity index (χ0n) is 10.2. The van der Waals surface area contributed by atoms with Crippen molar-refractivity contribution >= 4 is 33.4 Å². The Morgan fingerprint density at radius 1 is 1.11 bits per heavy atom. The summed E-state index contributed by atoms with van der Waals surface area (Å²) >= 11 is 0. The van der Waals surface area contributed by atoms with Crippen LogP contribution in [0.25, 0.3) is 0 Å². The van der Waals surface area contributed by atoms with Crippen molar-refractivity contribution in [2.24, 2.45) is 11.5 Å². The fraction of sp³-hybridized carbons (Fsp3) is 0.600. The number of carbonyl (C=O) groups excluding carboxylic acids is 2. The molecule has 0 bridgehead atoms. The number of carbonyl (C=O) groups is 2. The van der Waals surface area contributed by atoms with Crippen LogP contribution >= 0.6 is 21.6 Å². The summed E-state index contributed by atoms with van der Waals surface area (Å²) in [5.41, 5.74) is 10.3. The van der Waals surface area contributed by atoms with Crippen LogP contribution in [0.2, 0.25) is 0 Å². The minimum Gasteiger partial charge on any atom is -0.404 e. The first kappa shape index (κ1) is 17.1. The van der Waals surface area contributed by atoms with Crippen molar-refractivity contribution in [3.05, 3.63) is 12.3 Å². The summed E-state index contributed by atoms with van der Waals surface area (Å²) in [4.78, 5) is 22.0. The van der Waals surface area contributed by atoms with Crippen LogP contribution in [0.1, 0.15) is 6.42 Å². The van der Waals surface area contributed by atoms with E-state index in [9.17, 15) is 9.59 Å². The second kappa shape index (κ2) is 12.6. The van der Waals surface area contributed by atoms with Gasteiger partial charge in [-0.1, -0.05) is 21.6 Å². The monoisotopic (exact) mass is 292 g/mol. The normalized spacial score (nSPS) is 10.5. The van der Waals surface area contributed by atoms with Crippen LogP contribution in [-0.4, -0.2) is 43.0 Å². The van der Waals surface area contributed by atoms with Crippen molar-refractivity contribution < 1.29 is 9.59 Å². The Balaban J connectivity index is 3.21. The van der Waals surface area contributed by atoms with Gasteiger partial charge in [-0.05, 0) is 6.20 Å². The molecular weight excluding hydrogens is 272 g/mol. The number of amides is 2. The van der Waals surface area contributed by atoms with E-state index < -0.39 is 0 Å². The molecule has 0 aliphatic rings. The van der Waals surface area contributed by atoms with Gasteiger partial charge in [0.05, 0.1) is 0 Å². The van der Waals surface area contributed by atoms with Crippen LogP contribution in [-0.2, 0) is 9.59 Å². The second-order valence-electron chi connectivity index (χ2n) is 3.18. The van der Waals surface area contributed by atoms with Gasteiger partial charge in [0.25, 0.3) is 0 Å². The van der Waals surface area contributed by atoms with E-state index >= 15 is 0 Å². The van der Waals surface area contributed by atoms with Crippen molar-refractivity contribution in [1.29, 1.82) is 0 Å². The van der Waals surface area contributed by atoms with Gasteiger partial charge in [-0.2, -0.15) is 0 Å². The zero-order chi connectivity index (χ0) is 13.6. The Morgan fingerprint density at radius 2 is 1.72 bits per heavy atom. The molecule has 2 amide bonds. The first-order valence-corrected chi connectivity index (χ1v) is 8.06. The third-order valence-corrected chi connectivity index (χ3v) is 4.10. The lowest BCUT2D eigenvalue weighted by Gasteiger charge is -2.04. The van der Waals surface area contributed by atoms with Gasteiger partial charge in [0.15, 0.2) is 0 Å². The Hall–Kier alpha value is -0.860. The second-order valence-corrected chi connectivity index (χ2v) is 5.88. The minimum absolute atomic E-state index is 0.0102. The van der Waals surface area contributed by atoms with Crippen LogP contribution < -0.4 is 22.1 Å². The molecule has 0 heterocycles. The van der Waals surface area contributed by atoms with Crippen LogP contribution in [0.4, 0.5) is 0 Å². The van der Waals surface area contributed by atoms with E-state index in [0.29, 0.717) is 26.1 Å². The maximum absolute atomic E-state index is 11.0. The Kier molecular flexibility index (Phi) is 12.0. The predicted octanol–water partition coefficient (Wildman–Crippen LogP) is -0.579. The lowest BCUT2D eigenvalue weighted by molar-refractivity contribution is -0.120. The molecule has 0 fully saturated rings. The predicted molar refractivity (Wildman–Crippen MR) is 77.9 cm³/mol. The first-order chi connectivity index (χ1) is 8.70. The van der Waals surface area contributed by atoms with Gasteiger partial charge in [-0.15, -0.1) is 0 Å². The SMILES string of the molecule is NC=CC(=O)NCCSSCCNC(=O)CCN. The van der Waals surface area contributed by atoms with Gasteiger partial charge in [0.1, 0.15) is 0 Å². The van der Waals surface area contributed by atoms with Gasteiger partial charge >= 0.3 is 0 Å². The molecule has 0 rings (SSSR count). The Labute approximate surface area is 115 Å². The van der Waals surface area contributed by atoms with Crippen LogP contribution in [0.5, 0.6) is 0 Å². The van der Waals surface area contributed by atoms with Gasteiger partial charge < -0.3 is 22.1 Å². The van der Waals surface area contributed by atoms with E-state index in [2.05, 4.69) is 10.6 Å². The molecule has 6 N–H and O–H groups in total. The van der Waals surface area contributed by atoms with Gasteiger partial charge in [0.2, 0.25) is 11.8 Å². The molecule has 0 radical (unpaired) electrons. The average Bonchev–Trinajstić information content (AvgIpc) is 2.33. The number of hydrogen-bond acceptors (Lipinski definition) is 6. The van der Waals surface area contributed by atoms with Gasteiger partial charge in [0, 0.05) is 43.6 Å². The lowest BCUT2D eigenvalue weighted by atomic mass is 10.4. The van der Waals surface area contributed by atoms with Gasteiger partial charge in [-0.25, -0.2) is 0 Å². The fourth-order valence-electron chi connectivity index (χ4n) is 0.932. The number of rotatable bonds is 10. The molecule has 18 heavy (non-hydrogen) atoms. The van der Waals surface area contributed by atoms with Crippen molar-refractivity contribution in [2.45, 2.75) is 6.42 Å². The van der Waals surface area contributed by atoms with Crippen molar-refractivity contribution in [3.63, 3.8) is 0 Å². The standard InChI is InChI=1S/C10H20N4O2S2/c11-3-1-9(15)13-5-7-17-18-8-6-14-10(16)2-4-12/h1,3H,2,4-8,11-12H2,(H,13,15)(H,14,16). The summed E-state index contributed by atoms with van der Waals surface area (Å²) in [7, 11) is 3.30. The van der Waals surface area contributed by atoms with E-state index in [4.69, 9.17) is 11.5 Å². The molecule has 104 valence electrons. The zero-order valence-corrected chi connectivity index (χ0v) is 11.8. The summed E-state index contributed by atoms with van der Waals surface area (Å²) in [6.07, 6.45) is 2.87. The smallest absolute Gasteiger partial charge is 0.245 e. The highest BCUT2D eigenvalue weighted by Crippen LogP contribution is 2.19. The molecular formula is C10H20N4O2S2. The number of nitrogens with two attached hydrogens (primary N) is 2. The summed E-state index contributed by atoms with van der Waals surface area (Å²) in [6.45, 7) is 1.61. The van der Waals surface area contributed by atoms with E-state index in [1.54, 1.807) is 21.6 Å². The lowest BCUT2D eigenvalue weighted by Crippen LogP contribution is -2.27. The largest absolute Gasteiger partial charge is 0.404 e. The van der Waals surface area contributed by atoms with Crippen molar-refractivity contribution in [3.8, 4) is 0 Å². The van der Waals surface area contributed by atoms with E-state index in [-0.39, 0.29) is 11.8 Å². The summed E-state index contributed by atoms with van der Waals surface area (Å²) in [5.74, 6) is 1.45. The number of hydrogen-bond donors (Lipinski definition) is 4. The quantitative estimate of drug-likeness (QED) is 0.244. The Bertz CT molecular complexity index is 275. The molecule has 0 aromatic carbocycles. The van der Waals surface area contributed by atoms with Crippen molar-refractivity contribution in [2.75, 3.05) is 31.1 Å². The molecule has 0 saturated carbocycles. The van der Waals surface area contributed by atoms with Gasteiger partial charge in [-0.3, -0.25) is 9.59 Å².